The summed E-state index contributed by atoms with van der Waals surface area (Å²) in [6.07, 6.45) is 7.24. The van der Waals surface area contributed by atoms with Crippen LogP contribution in [0.15, 0.2) is 0 Å². The summed E-state index contributed by atoms with van der Waals surface area (Å²) in [5.74, 6) is 0.0637. The number of rotatable bonds is 15. The van der Waals surface area contributed by atoms with E-state index >= 15 is 0 Å². The van der Waals surface area contributed by atoms with Crippen molar-refractivity contribution in [3.8, 4) is 0 Å². The maximum absolute atomic E-state index is 12.1. The lowest BCUT2D eigenvalue weighted by Crippen LogP contribution is -2.43. The SMILES string of the molecule is CNC(CCCCNC(C)=O)C(=O)NCCCCCCOC(C)C.CO. The third-order valence-corrected chi connectivity index (χ3v) is 3.78. The summed E-state index contributed by atoms with van der Waals surface area (Å²) in [6.45, 7) is 7.84. The summed E-state index contributed by atoms with van der Waals surface area (Å²) in [4.78, 5) is 22.9. The monoisotopic (exact) mass is 375 g/mol. The van der Waals surface area contributed by atoms with Crippen molar-refractivity contribution in [1.82, 2.24) is 16.0 Å². The van der Waals surface area contributed by atoms with E-state index in [1.807, 2.05) is 20.9 Å². The third kappa shape index (κ3) is 19.1. The maximum Gasteiger partial charge on any atom is 0.237 e. The van der Waals surface area contributed by atoms with E-state index in [4.69, 9.17) is 9.84 Å². The van der Waals surface area contributed by atoms with Crippen LogP contribution in [0.2, 0.25) is 0 Å². The largest absolute Gasteiger partial charge is 0.400 e. The van der Waals surface area contributed by atoms with Crippen LogP contribution in [-0.4, -0.2) is 62.9 Å². The Hall–Kier alpha value is -1.18. The summed E-state index contributed by atoms with van der Waals surface area (Å²) in [7, 11) is 2.81. The molecule has 0 rings (SSSR count). The Labute approximate surface area is 159 Å². The molecule has 0 aliphatic rings. The van der Waals surface area contributed by atoms with Gasteiger partial charge in [0.05, 0.1) is 12.1 Å². The van der Waals surface area contributed by atoms with Crippen LogP contribution in [0.1, 0.15) is 65.7 Å². The molecule has 0 aromatic carbocycles. The number of carbonyl (C=O) groups excluding carboxylic acids is 2. The number of aliphatic hydroxyl groups is 1. The standard InChI is InChI=1S/C18H37N3O3.CH4O/c1-15(2)24-14-10-6-5-8-13-21-18(23)17(19-4)11-7-9-12-20-16(3)22;1-2/h15,17,19H,5-14H2,1-4H3,(H,20,22)(H,21,23);2H,1H3. The normalized spacial score (nSPS) is 11.5. The Morgan fingerprint density at radius 3 is 2.08 bits per heavy atom. The van der Waals surface area contributed by atoms with Gasteiger partial charge in [-0.05, 0) is 53.0 Å². The van der Waals surface area contributed by atoms with Crippen LogP contribution in [0.3, 0.4) is 0 Å². The van der Waals surface area contributed by atoms with Crippen molar-refractivity contribution in [2.45, 2.75) is 77.9 Å². The number of amides is 2. The van der Waals surface area contributed by atoms with Gasteiger partial charge in [0.1, 0.15) is 0 Å². The minimum atomic E-state index is -0.151. The van der Waals surface area contributed by atoms with Crippen molar-refractivity contribution in [3.05, 3.63) is 0 Å². The number of hydrogen-bond donors (Lipinski definition) is 4. The number of hydrogen-bond acceptors (Lipinski definition) is 5. The molecule has 0 aromatic rings. The second kappa shape index (κ2) is 20.1. The van der Waals surface area contributed by atoms with E-state index in [0.717, 1.165) is 65.2 Å². The zero-order valence-corrected chi connectivity index (χ0v) is 17.4. The van der Waals surface area contributed by atoms with Crippen molar-refractivity contribution in [2.24, 2.45) is 0 Å². The highest BCUT2D eigenvalue weighted by Gasteiger charge is 2.14. The number of ether oxygens (including phenoxy) is 1. The molecular weight excluding hydrogens is 334 g/mol. The zero-order chi connectivity index (χ0) is 20.2. The van der Waals surface area contributed by atoms with Gasteiger partial charge in [-0.3, -0.25) is 9.59 Å². The number of carbonyl (C=O) groups is 2. The first-order valence-electron chi connectivity index (χ1n) is 9.73. The predicted molar refractivity (Wildman–Crippen MR) is 106 cm³/mol. The van der Waals surface area contributed by atoms with E-state index in [-0.39, 0.29) is 17.9 Å². The van der Waals surface area contributed by atoms with Crippen LogP contribution in [0.4, 0.5) is 0 Å². The molecule has 0 aromatic heterocycles. The lowest BCUT2D eigenvalue weighted by atomic mass is 10.1. The van der Waals surface area contributed by atoms with E-state index in [1.54, 1.807) is 0 Å². The lowest BCUT2D eigenvalue weighted by molar-refractivity contribution is -0.123. The van der Waals surface area contributed by atoms with E-state index in [0.29, 0.717) is 12.6 Å². The summed E-state index contributed by atoms with van der Waals surface area (Å²) in [5, 5.41) is 15.8. The molecule has 0 fully saturated rings. The molecule has 2 amide bonds. The first-order chi connectivity index (χ1) is 12.5. The molecule has 0 heterocycles. The van der Waals surface area contributed by atoms with E-state index in [1.165, 1.54) is 6.92 Å². The quantitative estimate of drug-likeness (QED) is 0.326. The average Bonchev–Trinajstić information content (AvgIpc) is 2.61. The molecule has 26 heavy (non-hydrogen) atoms. The van der Waals surface area contributed by atoms with Gasteiger partial charge < -0.3 is 25.8 Å². The molecule has 0 aliphatic carbocycles. The summed E-state index contributed by atoms with van der Waals surface area (Å²) in [6, 6.07) is -0.151. The molecule has 0 spiro atoms. The third-order valence-electron chi connectivity index (χ3n) is 3.78. The van der Waals surface area contributed by atoms with Gasteiger partial charge >= 0.3 is 0 Å². The highest BCUT2D eigenvalue weighted by Crippen LogP contribution is 2.03. The van der Waals surface area contributed by atoms with Crippen LogP contribution in [0.25, 0.3) is 0 Å². The molecule has 0 saturated heterocycles. The van der Waals surface area contributed by atoms with Crippen molar-refractivity contribution in [2.75, 3.05) is 33.9 Å². The molecule has 7 nitrogen and oxygen atoms in total. The molecule has 4 N–H and O–H groups in total. The van der Waals surface area contributed by atoms with Crippen LogP contribution >= 0.6 is 0 Å². The highest BCUT2D eigenvalue weighted by atomic mass is 16.5. The Morgan fingerprint density at radius 1 is 0.923 bits per heavy atom. The second-order valence-electron chi connectivity index (χ2n) is 6.44. The molecule has 7 heteroatoms. The first kappa shape index (κ1) is 27.0. The van der Waals surface area contributed by atoms with Crippen LogP contribution < -0.4 is 16.0 Å². The van der Waals surface area contributed by atoms with E-state index in [2.05, 4.69) is 16.0 Å². The predicted octanol–water partition coefficient (Wildman–Crippen LogP) is 1.59. The topological polar surface area (TPSA) is 99.7 Å². The minimum Gasteiger partial charge on any atom is -0.400 e. The lowest BCUT2D eigenvalue weighted by Gasteiger charge is -2.16. The second-order valence-corrected chi connectivity index (χ2v) is 6.44. The molecule has 1 unspecified atom stereocenters. The summed E-state index contributed by atoms with van der Waals surface area (Å²) < 4.78 is 5.50. The van der Waals surface area contributed by atoms with Gasteiger partial charge in [-0.25, -0.2) is 0 Å². The number of aliphatic hydroxyl groups excluding tert-OH is 1. The fourth-order valence-electron chi connectivity index (χ4n) is 2.38. The molecule has 0 aliphatic heterocycles. The fraction of sp³-hybridized carbons (Fsp3) is 0.895. The van der Waals surface area contributed by atoms with Crippen LogP contribution in [0.5, 0.6) is 0 Å². The van der Waals surface area contributed by atoms with Gasteiger partial charge in [-0.1, -0.05) is 12.8 Å². The van der Waals surface area contributed by atoms with Crippen molar-refractivity contribution < 1.29 is 19.4 Å². The van der Waals surface area contributed by atoms with Gasteiger partial charge in [-0.2, -0.15) is 0 Å². The van der Waals surface area contributed by atoms with Gasteiger partial charge in [-0.15, -0.1) is 0 Å². The molecule has 156 valence electrons. The highest BCUT2D eigenvalue weighted by molar-refractivity contribution is 5.81. The van der Waals surface area contributed by atoms with Gasteiger partial charge in [0, 0.05) is 33.7 Å². The maximum atomic E-state index is 12.1. The molecule has 0 radical (unpaired) electrons. The first-order valence-corrected chi connectivity index (χ1v) is 9.73. The summed E-state index contributed by atoms with van der Waals surface area (Å²) >= 11 is 0. The fourth-order valence-corrected chi connectivity index (χ4v) is 2.38. The Balaban J connectivity index is 0. The van der Waals surface area contributed by atoms with E-state index in [9.17, 15) is 9.59 Å². The van der Waals surface area contributed by atoms with E-state index < -0.39 is 0 Å². The van der Waals surface area contributed by atoms with Crippen molar-refractivity contribution >= 4 is 11.8 Å². The van der Waals surface area contributed by atoms with Gasteiger partial charge in [0.15, 0.2) is 0 Å². The summed E-state index contributed by atoms with van der Waals surface area (Å²) in [5.41, 5.74) is 0. The Kier molecular flexibility index (Phi) is 20.9. The van der Waals surface area contributed by atoms with Gasteiger partial charge in [0.2, 0.25) is 11.8 Å². The number of unbranched alkanes of at least 4 members (excludes halogenated alkanes) is 4. The van der Waals surface area contributed by atoms with Gasteiger partial charge in [0.25, 0.3) is 0 Å². The Bertz CT molecular complexity index is 339. The smallest absolute Gasteiger partial charge is 0.237 e. The Morgan fingerprint density at radius 2 is 1.50 bits per heavy atom. The molecule has 0 bridgehead atoms. The average molecular weight is 376 g/mol. The molecule has 1 atom stereocenters. The van der Waals surface area contributed by atoms with Crippen molar-refractivity contribution in [1.29, 1.82) is 0 Å². The minimum absolute atomic E-state index is 0.00585. The van der Waals surface area contributed by atoms with Crippen LogP contribution in [0, 0.1) is 0 Å². The number of likely N-dealkylation sites (N-methyl/N-ethyl adjacent to an activating group) is 1. The zero-order valence-electron chi connectivity index (χ0n) is 17.4. The number of nitrogens with one attached hydrogen (secondary N) is 3. The van der Waals surface area contributed by atoms with Crippen molar-refractivity contribution in [3.63, 3.8) is 0 Å². The van der Waals surface area contributed by atoms with Crippen LogP contribution in [-0.2, 0) is 14.3 Å². The molecule has 0 saturated carbocycles. The molecular formula is C19H41N3O4.